The van der Waals surface area contributed by atoms with Gasteiger partial charge in [-0.25, -0.2) is 13.6 Å². The Morgan fingerprint density at radius 3 is 2.55 bits per heavy atom. The van der Waals surface area contributed by atoms with Crippen LogP contribution in [0.4, 0.5) is 11.4 Å². The molecule has 8 nitrogen and oxygen atoms in total. The van der Waals surface area contributed by atoms with Gasteiger partial charge in [-0.1, -0.05) is 6.42 Å². The Bertz CT molecular complexity index is 1110. The molecule has 4 rings (SSSR count). The molecule has 0 spiro atoms. The third-order valence-corrected chi connectivity index (χ3v) is 6.85. The zero-order valence-corrected chi connectivity index (χ0v) is 18.2. The summed E-state index contributed by atoms with van der Waals surface area (Å²) < 4.78 is 22.8. The third kappa shape index (κ3) is 4.15. The molecule has 2 aliphatic rings. The maximum atomic E-state index is 13.1. The van der Waals surface area contributed by atoms with E-state index in [0.29, 0.717) is 16.8 Å². The zero-order valence-electron chi connectivity index (χ0n) is 17.4. The molecule has 31 heavy (non-hydrogen) atoms. The Balaban J connectivity index is 1.61. The molecule has 9 heteroatoms. The van der Waals surface area contributed by atoms with Crippen LogP contribution >= 0.6 is 0 Å². The van der Waals surface area contributed by atoms with Gasteiger partial charge in [-0.05, 0) is 68.7 Å². The summed E-state index contributed by atoms with van der Waals surface area (Å²) >= 11 is 0. The molecule has 0 aliphatic carbocycles. The summed E-state index contributed by atoms with van der Waals surface area (Å²) in [7, 11) is -3.79. The number of amides is 2. The second kappa shape index (κ2) is 8.32. The summed E-state index contributed by atoms with van der Waals surface area (Å²) in [6.07, 6.45) is 4.16. The van der Waals surface area contributed by atoms with Crippen molar-refractivity contribution >= 4 is 33.2 Å². The lowest BCUT2D eigenvalue weighted by molar-refractivity contribution is 0.0656. The summed E-state index contributed by atoms with van der Waals surface area (Å²) in [4.78, 5) is 30.1. The highest BCUT2D eigenvalue weighted by Gasteiger charge is 2.37. The minimum Gasteiger partial charge on any atom is -0.351 e. The third-order valence-electron chi connectivity index (χ3n) is 5.92. The van der Waals surface area contributed by atoms with Crippen molar-refractivity contribution in [3.05, 3.63) is 53.6 Å². The van der Waals surface area contributed by atoms with Crippen molar-refractivity contribution in [2.24, 2.45) is 5.14 Å². The first-order chi connectivity index (χ1) is 14.8. The molecule has 2 aliphatic heterocycles. The van der Waals surface area contributed by atoms with Gasteiger partial charge >= 0.3 is 0 Å². The van der Waals surface area contributed by atoms with E-state index < -0.39 is 10.0 Å². The number of benzene rings is 2. The van der Waals surface area contributed by atoms with Gasteiger partial charge in [-0.15, -0.1) is 0 Å². The fourth-order valence-electron chi connectivity index (χ4n) is 4.37. The van der Waals surface area contributed by atoms with Crippen LogP contribution in [0.1, 0.15) is 53.3 Å². The van der Waals surface area contributed by atoms with E-state index in [9.17, 15) is 18.0 Å². The van der Waals surface area contributed by atoms with Crippen LogP contribution in [0, 0.1) is 0 Å². The Morgan fingerprint density at radius 1 is 1.13 bits per heavy atom. The first kappa shape index (κ1) is 21.3. The topological polar surface area (TPSA) is 113 Å². The minimum atomic E-state index is -3.79. The molecule has 2 aromatic rings. The van der Waals surface area contributed by atoms with Crippen molar-refractivity contribution in [3.63, 3.8) is 0 Å². The molecular weight excluding hydrogens is 416 g/mol. The highest BCUT2D eigenvalue weighted by Crippen LogP contribution is 2.35. The highest BCUT2D eigenvalue weighted by molar-refractivity contribution is 7.89. The Morgan fingerprint density at radius 2 is 1.87 bits per heavy atom. The van der Waals surface area contributed by atoms with E-state index in [1.165, 1.54) is 24.3 Å². The predicted octanol–water partition coefficient (Wildman–Crippen LogP) is 2.77. The summed E-state index contributed by atoms with van der Waals surface area (Å²) in [5, 5.41) is 7.87. The lowest BCUT2D eigenvalue weighted by Gasteiger charge is -2.44. The summed E-state index contributed by atoms with van der Waals surface area (Å²) in [5.74, 6) is -0.310. The molecule has 0 radical (unpaired) electrons. The smallest absolute Gasteiger partial charge is 0.257 e. The van der Waals surface area contributed by atoms with E-state index in [1.54, 1.807) is 18.2 Å². The first-order valence-corrected chi connectivity index (χ1v) is 12.0. The lowest BCUT2D eigenvalue weighted by atomic mass is 10.0. The van der Waals surface area contributed by atoms with Crippen molar-refractivity contribution in [1.82, 2.24) is 4.90 Å². The lowest BCUT2D eigenvalue weighted by Crippen LogP contribution is -2.55. The number of hydrogen-bond donors (Lipinski definition) is 2. The van der Waals surface area contributed by atoms with Crippen LogP contribution < -0.4 is 15.4 Å². The number of carbonyl (C=O) groups is 2. The van der Waals surface area contributed by atoms with Crippen LogP contribution in [0.25, 0.3) is 0 Å². The number of nitrogens with one attached hydrogen (secondary N) is 1. The standard InChI is InChI=1S/C22H26N4O4S/c1-2-25-19-14-15(21(27)24-16-8-10-17(11-9-16)31(23,29)30)7-12-18(19)22(28)26-13-5-3-4-6-20(25)26/h7-12,14,20H,2-6,13H2,1H3,(H,24,27)(H2,23,29,30). The van der Waals surface area contributed by atoms with Crippen LogP contribution in [-0.4, -0.2) is 44.4 Å². The van der Waals surface area contributed by atoms with E-state index in [0.717, 1.165) is 44.5 Å². The first-order valence-electron chi connectivity index (χ1n) is 10.5. The van der Waals surface area contributed by atoms with Crippen LogP contribution in [0.5, 0.6) is 0 Å². The van der Waals surface area contributed by atoms with Gasteiger partial charge in [-0.3, -0.25) is 9.59 Å². The Hall–Kier alpha value is -2.91. The molecule has 164 valence electrons. The molecule has 1 saturated heterocycles. The number of nitrogens with zero attached hydrogens (tertiary/aromatic N) is 2. The van der Waals surface area contributed by atoms with Crippen LogP contribution in [0.2, 0.25) is 0 Å². The number of hydrogen-bond acceptors (Lipinski definition) is 5. The molecule has 1 atom stereocenters. The van der Waals surface area contributed by atoms with Crippen molar-refractivity contribution in [2.75, 3.05) is 23.3 Å². The number of fused-ring (bicyclic) bond motifs is 2. The normalized spacial score (nSPS) is 18.8. The largest absolute Gasteiger partial charge is 0.351 e. The summed E-state index contributed by atoms with van der Waals surface area (Å²) in [6, 6.07) is 10.8. The predicted molar refractivity (Wildman–Crippen MR) is 119 cm³/mol. The van der Waals surface area contributed by atoms with Crippen molar-refractivity contribution in [1.29, 1.82) is 0 Å². The van der Waals surface area contributed by atoms with E-state index in [4.69, 9.17) is 5.14 Å². The Labute approximate surface area is 182 Å². The van der Waals surface area contributed by atoms with Crippen LogP contribution in [0.15, 0.2) is 47.4 Å². The summed E-state index contributed by atoms with van der Waals surface area (Å²) in [6.45, 7) is 3.56. The van der Waals surface area contributed by atoms with E-state index in [1.807, 2.05) is 4.90 Å². The van der Waals surface area contributed by atoms with Gasteiger partial charge in [0, 0.05) is 24.3 Å². The SMILES string of the molecule is CCN1c2cc(C(=O)Nc3ccc(S(N)(=O)=O)cc3)ccc2C(=O)N2CCCCCC21. The van der Waals surface area contributed by atoms with Gasteiger partial charge < -0.3 is 15.1 Å². The maximum absolute atomic E-state index is 13.1. The number of carbonyl (C=O) groups excluding carboxylic acids is 2. The van der Waals surface area contributed by atoms with Crippen molar-refractivity contribution in [2.45, 2.75) is 43.7 Å². The second-order valence-electron chi connectivity index (χ2n) is 7.87. The number of sulfonamides is 1. The van der Waals surface area contributed by atoms with Gasteiger partial charge in [0.25, 0.3) is 11.8 Å². The fourth-order valence-corrected chi connectivity index (χ4v) is 4.89. The fraction of sp³-hybridized carbons (Fsp3) is 0.364. The maximum Gasteiger partial charge on any atom is 0.257 e. The number of anilines is 2. The van der Waals surface area contributed by atoms with Crippen molar-refractivity contribution in [3.8, 4) is 0 Å². The minimum absolute atomic E-state index is 0.0238. The van der Waals surface area contributed by atoms with Crippen LogP contribution in [-0.2, 0) is 10.0 Å². The second-order valence-corrected chi connectivity index (χ2v) is 9.43. The average Bonchev–Trinajstić information content (AvgIpc) is 3.00. The van der Waals surface area contributed by atoms with Gasteiger partial charge in [-0.2, -0.15) is 0 Å². The molecule has 1 fully saturated rings. The van der Waals surface area contributed by atoms with E-state index in [-0.39, 0.29) is 22.9 Å². The number of primary sulfonamides is 1. The van der Waals surface area contributed by atoms with Crippen LogP contribution in [0.3, 0.4) is 0 Å². The number of nitrogens with two attached hydrogens (primary N) is 1. The molecular formula is C22H26N4O4S. The van der Waals surface area contributed by atoms with Gasteiger partial charge in [0.1, 0.15) is 6.17 Å². The molecule has 0 bridgehead atoms. The zero-order chi connectivity index (χ0) is 22.2. The molecule has 0 saturated carbocycles. The van der Waals surface area contributed by atoms with Gasteiger partial charge in [0.05, 0.1) is 16.1 Å². The Kier molecular flexibility index (Phi) is 5.72. The highest BCUT2D eigenvalue weighted by atomic mass is 32.2. The quantitative estimate of drug-likeness (QED) is 0.756. The molecule has 3 N–H and O–H groups in total. The number of rotatable bonds is 4. The molecule has 2 aromatic carbocycles. The summed E-state index contributed by atoms with van der Waals surface area (Å²) in [5.41, 5.74) is 2.29. The molecule has 1 unspecified atom stereocenters. The van der Waals surface area contributed by atoms with Gasteiger partial charge in [0.2, 0.25) is 10.0 Å². The van der Waals surface area contributed by atoms with Crippen molar-refractivity contribution < 1.29 is 18.0 Å². The molecule has 0 aromatic heterocycles. The van der Waals surface area contributed by atoms with Gasteiger partial charge in [0.15, 0.2) is 0 Å². The van der Waals surface area contributed by atoms with E-state index >= 15 is 0 Å². The molecule has 2 amide bonds. The molecule has 2 heterocycles. The van der Waals surface area contributed by atoms with E-state index in [2.05, 4.69) is 17.1 Å². The average molecular weight is 443 g/mol. The monoisotopic (exact) mass is 442 g/mol.